The number of hydrogen-bond acceptors (Lipinski definition) is 4. The maximum Gasteiger partial charge on any atom is 0.264 e. The molecule has 6 nitrogen and oxygen atoms in total. The molecule has 0 aliphatic heterocycles. The molecule has 0 unspecified atom stereocenters. The molecular weight excluding hydrogens is 467 g/mol. The fraction of sp³-hybridized carbons (Fsp3) is 0.133. The van der Waals surface area contributed by atoms with Crippen LogP contribution < -0.4 is 5.32 Å². The molecule has 2 rings (SSSR count). The third kappa shape index (κ3) is 4.25. The summed E-state index contributed by atoms with van der Waals surface area (Å²) >= 11 is 7.90. The molecular formula is C15H14ClIN2O4S. The smallest absolute Gasteiger partial charge is 0.264 e. The van der Waals surface area contributed by atoms with Crippen LogP contribution in [0.25, 0.3) is 0 Å². The van der Waals surface area contributed by atoms with E-state index in [0.29, 0.717) is 16.3 Å². The van der Waals surface area contributed by atoms with Crippen LogP contribution in [0.3, 0.4) is 0 Å². The molecule has 128 valence electrons. The molecule has 0 heterocycles. The van der Waals surface area contributed by atoms with Gasteiger partial charge >= 0.3 is 0 Å². The quantitative estimate of drug-likeness (QED) is 0.526. The number of carbonyl (C=O) groups excluding carboxylic acids is 1. The van der Waals surface area contributed by atoms with Crippen LogP contribution in [0.15, 0.2) is 47.4 Å². The molecule has 0 saturated carbocycles. The number of anilines is 1. The first kappa shape index (κ1) is 19.1. The molecule has 0 spiro atoms. The van der Waals surface area contributed by atoms with Crippen molar-refractivity contribution in [3.8, 4) is 0 Å². The third-order valence-corrected chi connectivity index (χ3v) is 6.00. The summed E-state index contributed by atoms with van der Waals surface area (Å²) in [5.74, 6) is -0.305. The summed E-state index contributed by atoms with van der Waals surface area (Å²) in [6, 6.07) is 10.8. The molecule has 2 aromatic carbocycles. The van der Waals surface area contributed by atoms with Gasteiger partial charge < -0.3 is 5.32 Å². The molecule has 0 radical (unpaired) electrons. The molecule has 0 aliphatic rings. The Labute approximate surface area is 158 Å². The lowest BCUT2D eigenvalue weighted by molar-refractivity contribution is -0.0258. The van der Waals surface area contributed by atoms with Gasteiger partial charge in [-0.15, -0.1) is 0 Å². The van der Waals surface area contributed by atoms with E-state index in [1.54, 1.807) is 18.2 Å². The van der Waals surface area contributed by atoms with Gasteiger partial charge in [0.25, 0.3) is 15.9 Å². The highest BCUT2D eigenvalue weighted by Gasteiger charge is 2.20. The van der Waals surface area contributed by atoms with Crippen molar-refractivity contribution < 1.29 is 18.0 Å². The summed E-state index contributed by atoms with van der Waals surface area (Å²) in [5, 5.41) is 3.26. The third-order valence-electron chi connectivity index (χ3n) is 3.18. The Morgan fingerprint density at radius 3 is 2.38 bits per heavy atom. The summed E-state index contributed by atoms with van der Waals surface area (Å²) in [7, 11) is -1.15. The minimum atomic E-state index is -3.72. The second-order valence-corrected chi connectivity index (χ2v) is 8.23. The molecule has 2 aromatic rings. The van der Waals surface area contributed by atoms with E-state index in [0.717, 1.165) is 8.04 Å². The Balaban J connectivity index is 2.19. The van der Waals surface area contributed by atoms with Crippen LogP contribution in [-0.2, 0) is 14.9 Å². The molecule has 9 heteroatoms. The summed E-state index contributed by atoms with van der Waals surface area (Å²) in [4.78, 5) is 17.0. The topological polar surface area (TPSA) is 75.7 Å². The molecule has 1 N–H and O–H groups in total. The van der Waals surface area contributed by atoms with Crippen LogP contribution >= 0.6 is 34.2 Å². The molecule has 0 atom stereocenters. The Kier molecular flexibility index (Phi) is 6.21. The Bertz CT molecular complexity index is 856. The fourth-order valence-corrected chi connectivity index (χ4v) is 3.92. The predicted octanol–water partition coefficient (Wildman–Crippen LogP) is 3.38. The Hall–Kier alpha value is -1.20. The number of nitrogens with zero attached hydrogens (tertiary/aromatic N) is 1. The highest BCUT2D eigenvalue weighted by molar-refractivity contribution is 14.1. The van der Waals surface area contributed by atoms with Gasteiger partial charge in [0.05, 0.1) is 17.6 Å². The largest absolute Gasteiger partial charge is 0.322 e. The Morgan fingerprint density at radius 2 is 1.83 bits per heavy atom. The van der Waals surface area contributed by atoms with Crippen molar-refractivity contribution in [3.63, 3.8) is 0 Å². The average molecular weight is 481 g/mol. The molecule has 0 aromatic heterocycles. The van der Waals surface area contributed by atoms with E-state index < -0.39 is 10.0 Å². The minimum absolute atomic E-state index is 0.0610. The second-order valence-electron chi connectivity index (χ2n) is 4.70. The fourth-order valence-electron chi connectivity index (χ4n) is 1.83. The Morgan fingerprint density at radius 1 is 1.21 bits per heavy atom. The van der Waals surface area contributed by atoms with Crippen LogP contribution in [-0.4, -0.2) is 33.0 Å². The first-order chi connectivity index (χ1) is 11.3. The maximum absolute atomic E-state index is 12.3. The summed E-state index contributed by atoms with van der Waals surface area (Å²) in [5.41, 5.74) is 0.959. The zero-order valence-electron chi connectivity index (χ0n) is 12.8. The zero-order valence-corrected chi connectivity index (χ0v) is 16.5. The number of nitrogens with one attached hydrogen (secondary N) is 1. The molecule has 0 bridgehead atoms. The van der Waals surface area contributed by atoms with Gasteiger partial charge in [-0.3, -0.25) is 9.63 Å². The highest BCUT2D eigenvalue weighted by Crippen LogP contribution is 2.21. The van der Waals surface area contributed by atoms with Crippen LogP contribution in [0, 0.1) is 3.57 Å². The van der Waals surface area contributed by atoms with Crippen LogP contribution in [0.5, 0.6) is 0 Å². The second kappa shape index (κ2) is 7.79. The molecule has 0 saturated heterocycles. The lowest BCUT2D eigenvalue weighted by atomic mass is 10.2. The van der Waals surface area contributed by atoms with Gasteiger partial charge in [0.1, 0.15) is 0 Å². The van der Waals surface area contributed by atoms with Crippen LogP contribution in [0.1, 0.15) is 10.4 Å². The van der Waals surface area contributed by atoms with Crippen molar-refractivity contribution in [2.24, 2.45) is 0 Å². The molecule has 0 aliphatic carbocycles. The summed E-state index contributed by atoms with van der Waals surface area (Å²) < 4.78 is 25.7. The first-order valence-corrected chi connectivity index (χ1v) is 9.55. The SMILES string of the molecule is CON(C)S(=O)(=O)c1ccc(NC(=O)c2ccc(Cl)cc2I)cc1. The van der Waals surface area contributed by atoms with Crippen LogP contribution in [0.4, 0.5) is 5.69 Å². The first-order valence-electron chi connectivity index (χ1n) is 6.65. The van der Waals surface area contributed by atoms with E-state index in [-0.39, 0.29) is 10.8 Å². The van der Waals surface area contributed by atoms with Gasteiger partial charge in [0, 0.05) is 21.3 Å². The van der Waals surface area contributed by atoms with Crippen molar-refractivity contribution in [3.05, 3.63) is 56.6 Å². The number of halogens is 2. The van der Waals surface area contributed by atoms with Gasteiger partial charge in [-0.1, -0.05) is 16.1 Å². The number of benzene rings is 2. The van der Waals surface area contributed by atoms with E-state index in [1.165, 1.54) is 38.4 Å². The van der Waals surface area contributed by atoms with Crippen molar-refractivity contribution in [1.82, 2.24) is 4.47 Å². The van der Waals surface area contributed by atoms with Gasteiger partial charge in [-0.25, -0.2) is 8.42 Å². The standard InChI is InChI=1S/C15H14ClIN2O4S/c1-19(23-2)24(21,22)12-6-4-11(5-7-12)18-15(20)13-8-3-10(16)9-14(13)17/h3-9H,1-2H3,(H,18,20). The lowest BCUT2D eigenvalue weighted by Gasteiger charge is -2.14. The van der Waals surface area contributed by atoms with E-state index in [2.05, 4.69) is 5.32 Å². The van der Waals surface area contributed by atoms with E-state index >= 15 is 0 Å². The molecule has 0 fully saturated rings. The number of sulfonamides is 1. The number of hydrogen-bond donors (Lipinski definition) is 1. The lowest BCUT2D eigenvalue weighted by Crippen LogP contribution is -2.25. The van der Waals surface area contributed by atoms with Gasteiger partial charge in [0.2, 0.25) is 0 Å². The number of hydroxylamine groups is 1. The van der Waals surface area contributed by atoms with E-state index in [4.69, 9.17) is 16.4 Å². The predicted molar refractivity (Wildman–Crippen MR) is 101 cm³/mol. The zero-order chi connectivity index (χ0) is 17.9. The van der Waals surface area contributed by atoms with Crippen LogP contribution in [0.2, 0.25) is 5.02 Å². The van der Waals surface area contributed by atoms with Gasteiger partial charge in [-0.2, -0.15) is 0 Å². The number of amides is 1. The normalized spacial score (nSPS) is 11.5. The van der Waals surface area contributed by atoms with Crippen molar-refractivity contribution in [1.29, 1.82) is 0 Å². The monoisotopic (exact) mass is 480 g/mol. The maximum atomic E-state index is 12.3. The average Bonchev–Trinajstić information content (AvgIpc) is 2.54. The van der Waals surface area contributed by atoms with E-state index in [1.807, 2.05) is 22.6 Å². The van der Waals surface area contributed by atoms with Gasteiger partial charge in [-0.05, 0) is 65.1 Å². The molecule has 1 amide bonds. The van der Waals surface area contributed by atoms with Crippen molar-refractivity contribution in [2.75, 3.05) is 19.5 Å². The van der Waals surface area contributed by atoms with Crippen molar-refractivity contribution in [2.45, 2.75) is 4.90 Å². The minimum Gasteiger partial charge on any atom is -0.322 e. The van der Waals surface area contributed by atoms with E-state index in [9.17, 15) is 13.2 Å². The number of rotatable bonds is 5. The summed E-state index contributed by atoms with van der Waals surface area (Å²) in [6.07, 6.45) is 0. The number of carbonyl (C=O) groups is 1. The molecule has 24 heavy (non-hydrogen) atoms. The highest BCUT2D eigenvalue weighted by atomic mass is 127. The van der Waals surface area contributed by atoms with Crippen molar-refractivity contribution >= 4 is 55.8 Å². The summed E-state index contributed by atoms with van der Waals surface area (Å²) in [6.45, 7) is 0. The van der Waals surface area contributed by atoms with Gasteiger partial charge in [0.15, 0.2) is 0 Å².